The van der Waals surface area contributed by atoms with Crippen LogP contribution in [0.1, 0.15) is 30.4 Å². The summed E-state index contributed by atoms with van der Waals surface area (Å²) in [6.45, 7) is 6.33. The minimum atomic E-state index is 0.199. The maximum atomic E-state index is 12.4. The lowest BCUT2D eigenvalue weighted by Crippen LogP contribution is -2.43. The number of carbonyl (C=O) groups is 1. The van der Waals surface area contributed by atoms with E-state index >= 15 is 0 Å². The van der Waals surface area contributed by atoms with Gasteiger partial charge < -0.3 is 19.1 Å². The second kappa shape index (κ2) is 8.25. The van der Waals surface area contributed by atoms with Gasteiger partial charge in [0.2, 0.25) is 5.91 Å². The maximum absolute atomic E-state index is 12.4. The van der Waals surface area contributed by atoms with Gasteiger partial charge in [-0.05, 0) is 26.9 Å². The maximum Gasteiger partial charge on any atom is 0.236 e. The van der Waals surface area contributed by atoms with Gasteiger partial charge in [-0.15, -0.1) is 10.2 Å². The molecule has 1 aromatic rings. The monoisotopic (exact) mass is 350 g/mol. The molecule has 2 fully saturated rings. The smallest absolute Gasteiger partial charge is 0.236 e. The van der Waals surface area contributed by atoms with Gasteiger partial charge in [-0.2, -0.15) is 0 Å². The van der Waals surface area contributed by atoms with Crippen molar-refractivity contribution in [2.75, 3.05) is 60.0 Å². The van der Waals surface area contributed by atoms with Gasteiger partial charge in [0.15, 0.2) is 0 Å². The lowest BCUT2D eigenvalue weighted by molar-refractivity contribution is -0.133. The Morgan fingerprint density at radius 3 is 2.72 bits per heavy atom. The highest BCUT2D eigenvalue weighted by atomic mass is 16.5. The second-order valence-electron chi connectivity index (χ2n) is 7.34. The van der Waals surface area contributed by atoms with Crippen molar-refractivity contribution < 1.29 is 9.53 Å². The number of carbonyl (C=O) groups excluding carboxylic acids is 1. The average Bonchev–Trinajstić information content (AvgIpc) is 2.96. The number of amides is 1. The molecular formula is C17H30N6O2. The zero-order valence-electron chi connectivity index (χ0n) is 15.6. The highest BCUT2D eigenvalue weighted by molar-refractivity contribution is 5.78. The van der Waals surface area contributed by atoms with Gasteiger partial charge >= 0.3 is 0 Å². The van der Waals surface area contributed by atoms with Crippen molar-refractivity contribution in [3.05, 3.63) is 11.6 Å². The predicted octanol–water partition coefficient (Wildman–Crippen LogP) is -0.0851. The summed E-state index contributed by atoms with van der Waals surface area (Å²) in [7, 11) is 5.91. The number of aromatic nitrogens is 3. The van der Waals surface area contributed by atoms with E-state index in [2.05, 4.69) is 19.7 Å². The van der Waals surface area contributed by atoms with E-state index in [0.29, 0.717) is 6.54 Å². The summed E-state index contributed by atoms with van der Waals surface area (Å²) in [6, 6.07) is 0. The van der Waals surface area contributed by atoms with Gasteiger partial charge in [0, 0.05) is 39.1 Å². The highest BCUT2D eigenvalue weighted by Gasteiger charge is 2.28. The highest BCUT2D eigenvalue weighted by Crippen LogP contribution is 2.26. The normalized spacial score (nSPS) is 22.6. The van der Waals surface area contributed by atoms with E-state index in [4.69, 9.17) is 4.74 Å². The Morgan fingerprint density at radius 2 is 2.00 bits per heavy atom. The van der Waals surface area contributed by atoms with Crippen molar-refractivity contribution >= 4 is 5.91 Å². The fraction of sp³-hybridized carbons (Fsp3) is 0.824. The first-order valence-corrected chi connectivity index (χ1v) is 9.15. The Kier molecular flexibility index (Phi) is 6.03. The molecule has 0 aromatic carbocycles. The van der Waals surface area contributed by atoms with Crippen molar-refractivity contribution in [1.82, 2.24) is 29.5 Å². The van der Waals surface area contributed by atoms with Crippen LogP contribution in [0.25, 0.3) is 0 Å². The number of hydrogen-bond acceptors (Lipinski definition) is 6. The average molecular weight is 350 g/mol. The predicted molar refractivity (Wildman–Crippen MR) is 94.2 cm³/mol. The third-order valence-corrected chi connectivity index (χ3v) is 5.06. The van der Waals surface area contributed by atoms with E-state index < -0.39 is 0 Å². The van der Waals surface area contributed by atoms with Gasteiger partial charge in [0.25, 0.3) is 0 Å². The third-order valence-electron chi connectivity index (χ3n) is 5.06. The fourth-order valence-corrected chi connectivity index (χ4v) is 3.61. The van der Waals surface area contributed by atoms with Crippen LogP contribution >= 0.6 is 0 Å². The number of likely N-dealkylation sites (tertiary alicyclic amines) is 1. The number of hydrogen-bond donors (Lipinski definition) is 0. The molecular weight excluding hydrogens is 320 g/mol. The number of ether oxygens (including phenoxy) is 1. The summed E-state index contributed by atoms with van der Waals surface area (Å²) in [6.07, 6.45) is 2.09. The molecule has 0 aliphatic carbocycles. The molecule has 140 valence electrons. The standard InChI is InChI=1S/C17H30N6O2/c1-20(2)13-16(24)23-6-4-5-14(11-23)17-19-18-15(21(17)3)12-22-7-9-25-10-8-22/h14H,4-13H2,1-3H3. The summed E-state index contributed by atoms with van der Waals surface area (Å²) >= 11 is 0. The van der Waals surface area contributed by atoms with Gasteiger partial charge in [0.05, 0.1) is 26.3 Å². The van der Waals surface area contributed by atoms with Gasteiger partial charge in [-0.1, -0.05) is 0 Å². The molecule has 0 N–H and O–H groups in total. The Balaban J connectivity index is 1.64. The van der Waals surface area contributed by atoms with E-state index in [0.717, 1.165) is 70.4 Å². The first-order chi connectivity index (χ1) is 12.0. The van der Waals surface area contributed by atoms with Crippen LogP contribution in [-0.4, -0.2) is 95.4 Å². The fourth-order valence-electron chi connectivity index (χ4n) is 3.61. The first kappa shape index (κ1) is 18.3. The third kappa shape index (κ3) is 4.56. The minimum Gasteiger partial charge on any atom is -0.379 e. The molecule has 1 aromatic heterocycles. The minimum absolute atomic E-state index is 0.199. The molecule has 25 heavy (non-hydrogen) atoms. The zero-order valence-corrected chi connectivity index (χ0v) is 15.6. The van der Waals surface area contributed by atoms with Crippen LogP contribution in [-0.2, 0) is 23.1 Å². The largest absolute Gasteiger partial charge is 0.379 e. The molecule has 8 heteroatoms. The summed E-state index contributed by atoms with van der Waals surface area (Å²) in [5, 5.41) is 8.89. The zero-order chi connectivity index (χ0) is 17.8. The van der Waals surface area contributed by atoms with Gasteiger partial charge in [-0.25, -0.2) is 0 Å². The van der Waals surface area contributed by atoms with E-state index in [1.807, 2.05) is 30.9 Å². The molecule has 0 saturated carbocycles. The van der Waals surface area contributed by atoms with E-state index in [1.54, 1.807) is 0 Å². The first-order valence-electron chi connectivity index (χ1n) is 9.15. The Hall–Kier alpha value is -1.51. The summed E-state index contributed by atoms with van der Waals surface area (Å²) in [5.74, 6) is 2.47. The van der Waals surface area contributed by atoms with E-state index in [9.17, 15) is 4.79 Å². The van der Waals surface area contributed by atoms with E-state index in [1.165, 1.54) is 0 Å². The van der Waals surface area contributed by atoms with Crippen LogP contribution in [0.5, 0.6) is 0 Å². The topological polar surface area (TPSA) is 66.7 Å². The molecule has 0 spiro atoms. The lowest BCUT2D eigenvalue weighted by atomic mass is 9.97. The van der Waals surface area contributed by atoms with Crippen molar-refractivity contribution in [3.8, 4) is 0 Å². The molecule has 0 bridgehead atoms. The van der Waals surface area contributed by atoms with Gasteiger partial charge in [0.1, 0.15) is 11.6 Å². The summed E-state index contributed by atoms with van der Waals surface area (Å²) in [5.41, 5.74) is 0. The van der Waals surface area contributed by atoms with Crippen molar-refractivity contribution in [2.45, 2.75) is 25.3 Å². The van der Waals surface area contributed by atoms with Crippen LogP contribution in [0.15, 0.2) is 0 Å². The Morgan fingerprint density at radius 1 is 1.24 bits per heavy atom. The molecule has 2 aliphatic heterocycles. The number of nitrogens with zero attached hydrogens (tertiary/aromatic N) is 6. The SMILES string of the molecule is CN(C)CC(=O)N1CCCC(c2nnc(CN3CCOCC3)n2C)C1. The van der Waals surface area contributed by atoms with Crippen LogP contribution in [0, 0.1) is 0 Å². The summed E-state index contributed by atoms with van der Waals surface area (Å²) < 4.78 is 7.53. The van der Waals surface area contributed by atoms with Crippen LogP contribution in [0.2, 0.25) is 0 Å². The van der Waals surface area contributed by atoms with Crippen molar-refractivity contribution in [3.63, 3.8) is 0 Å². The molecule has 1 atom stereocenters. The van der Waals surface area contributed by atoms with Crippen LogP contribution in [0.4, 0.5) is 0 Å². The van der Waals surface area contributed by atoms with Gasteiger partial charge in [-0.3, -0.25) is 9.69 Å². The molecule has 1 amide bonds. The molecule has 1 unspecified atom stereocenters. The Labute approximate surface area is 149 Å². The quantitative estimate of drug-likeness (QED) is 0.740. The Bertz CT molecular complexity index is 582. The van der Waals surface area contributed by atoms with Crippen molar-refractivity contribution in [1.29, 1.82) is 0 Å². The molecule has 0 radical (unpaired) electrons. The van der Waals surface area contributed by atoms with Crippen LogP contribution < -0.4 is 0 Å². The summed E-state index contributed by atoms with van der Waals surface area (Å²) in [4.78, 5) is 18.6. The second-order valence-corrected chi connectivity index (χ2v) is 7.34. The lowest BCUT2D eigenvalue weighted by Gasteiger charge is -2.33. The van der Waals surface area contributed by atoms with Crippen molar-refractivity contribution in [2.24, 2.45) is 7.05 Å². The molecule has 3 rings (SSSR count). The number of likely N-dealkylation sites (N-methyl/N-ethyl adjacent to an activating group) is 1. The number of rotatable bonds is 5. The van der Waals surface area contributed by atoms with Crippen LogP contribution in [0.3, 0.4) is 0 Å². The molecule has 8 nitrogen and oxygen atoms in total. The molecule has 3 heterocycles. The van der Waals surface area contributed by atoms with E-state index in [-0.39, 0.29) is 11.8 Å². The molecule has 2 aliphatic rings. The number of piperidine rings is 1. The molecule has 2 saturated heterocycles. The number of morpholine rings is 1.